The normalized spacial score (nSPS) is 15.9. The molecule has 0 aromatic heterocycles. The monoisotopic (exact) mass is 542 g/mol. The number of hydrogen-bond donors (Lipinski definition) is 0. The maximum Gasteiger partial charge on any atom is 0.228 e. The van der Waals surface area contributed by atoms with E-state index in [1.807, 2.05) is 24.3 Å². The Morgan fingerprint density at radius 3 is 1.68 bits per heavy atom. The SMILES string of the molecule is CN1C=CN(C(=O)CCC(C)(C)C)C1.CN1C=CN(CCC(C)(C)C)C1.[Y].[Y]. The van der Waals surface area contributed by atoms with Gasteiger partial charge in [-0.1, -0.05) is 41.5 Å². The van der Waals surface area contributed by atoms with Crippen LogP contribution in [0.1, 0.15) is 60.8 Å². The van der Waals surface area contributed by atoms with Gasteiger partial charge in [0.15, 0.2) is 0 Å². The van der Waals surface area contributed by atoms with Crippen molar-refractivity contribution in [2.24, 2.45) is 10.8 Å². The van der Waals surface area contributed by atoms with Crippen molar-refractivity contribution in [3.63, 3.8) is 0 Å². The molecule has 2 heterocycles. The summed E-state index contributed by atoms with van der Waals surface area (Å²) in [4.78, 5) is 20.0. The summed E-state index contributed by atoms with van der Waals surface area (Å²) in [6.45, 7) is 16.3. The molecule has 28 heavy (non-hydrogen) atoms. The van der Waals surface area contributed by atoms with E-state index < -0.39 is 0 Å². The van der Waals surface area contributed by atoms with Crippen LogP contribution in [0.5, 0.6) is 0 Å². The minimum Gasteiger partial charge on any atom is -0.362 e. The molecule has 0 N–H and O–H groups in total. The second kappa shape index (κ2) is 13.8. The number of carbonyl (C=O) groups is 1. The van der Waals surface area contributed by atoms with Crippen LogP contribution < -0.4 is 0 Å². The Hall–Kier alpha value is 0.558. The Labute approximate surface area is 224 Å². The van der Waals surface area contributed by atoms with E-state index in [1.54, 1.807) is 4.90 Å². The molecular formula is C21H40N4OY2. The molecule has 2 rings (SSSR count). The molecule has 156 valence electrons. The summed E-state index contributed by atoms with van der Waals surface area (Å²) < 4.78 is 0. The third-order valence-corrected chi connectivity index (χ3v) is 4.37. The van der Waals surface area contributed by atoms with Gasteiger partial charge in [0.25, 0.3) is 0 Å². The molecule has 2 aliphatic heterocycles. The Kier molecular flexibility index (Phi) is 15.1. The summed E-state index contributed by atoms with van der Waals surface area (Å²) in [5.41, 5.74) is 0.694. The van der Waals surface area contributed by atoms with Gasteiger partial charge in [-0.2, -0.15) is 0 Å². The number of nitrogens with zero attached hydrogens (tertiary/aromatic N) is 4. The van der Waals surface area contributed by atoms with Gasteiger partial charge in [0.1, 0.15) is 0 Å². The van der Waals surface area contributed by atoms with Crippen LogP contribution >= 0.6 is 0 Å². The van der Waals surface area contributed by atoms with Gasteiger partial charge in [-0.05, 0) is 23.7 Å². The van der Waals surface area contributed by atoms with Crippen molar-refractivity contribution < 1.29 is 70.2 Å². The molecule has 7 heteroatoms. The molecule has 0 aliphatic carbocycles. The van der Waals surface area contributed by atoms with Crippen LogP contribution in [0.3, 0.4) is 0 Å². The smallest absolute Gasteiger partial charge is 0.228 e. The molecule has 0 aromatic rings. The van der Waals surface area contributed by atoms with Crippen LogP contribution in [0.4, 0.5) is 0 Å². The molecule has 2 radical (unpaired) electrons. The topological polar surface area (TPSA) is 30.0 Å². The molecule has 0 aromatic carbocycles. The molecule has 5 nitrogen and oxygen atoms in total. The molecule has 0 bridgehead atoms. The zero-order valence-corrected chi connectivity index (χ0v) is 25.1. The van der Waals surface area contributed by atoms with Gasteiger partial charge < -0.3 is 14.7 Å². The van der Waals surface area contributed by atoms with Crippen LogP contribution in [0, 0.1) is 10.8 Å². The molecule has 0 atom stereocenters. The van der Waals surface area contributed by atoms with Crippen LogP contribution in [0.2, 0.25) is 0 Å². The third kappa shape index (κ3) is 14.5. The zero-order valence-electron chi connectivity index (χ0n) is 19.4. The Morgan fingerprint density at radius 1 is 0.786 bits per heavy atom. The maximum absolute atomic E-state index is 11.7. The van der Waals surface area contributed by atoms with Crippen molar-refractivity contribution in [1.29, 1.82) is 0 Å². The summed E-state index contributed by atoms with van der Waals surface area (Å²) in [5, 5.41) is 0. The Balaban J connectivity index is 0. The van der Waals surface area contributed by atoms with Gasteiger partial charge in [0, 0.05) is 117 Å². The van der Waals surface area contributed by atoms with Gasteiger partial charge in [-0.3, -0.25) is 9.69 Å². The van der Waals surface area contributed by atoms with Crippen LogP contribution in [-0.4, -0.2) is 59.5 Å². The quantitative estimate of drug-likeness (QED) is 0.535. The molecule has 2 aliphatic rings. The number of rotatable bonds is 4. The number of hydrogen-bond acceptors (Lipinski definition) is 4. The van der Waals surface area contributed by atoms with Gasteiger partial charge in [-0.25, -0.2) is 0 Å². The van der Waals surface area contributed by atoms with Crippen molar-refractivity contribution in [3.05, 3.63) is 24.8 Å². The van der Waals surface area contributed by atoms with Crippen molar-refractivity contribution >= 4 is 5.91 Å². The Bertz CT molecular complexity index is 510. The molecular weight excluding hydrogens is 502 g/mol. The third-order valence-electron chi connectivity index (χ3n) is 4.37. The summed E-state index contributed by atoms with van der Waals surface area (Å²) in [7, 11) is 4.07. The zero-order chi connectivity index (χ0) is 20.0. The minimum atomic E-state index is 0. The standard InChI is InChI=1S/C11H20N2O.C10H20N2.2Y/c1-11(2,3)6-5-10(14)13-8-7-12(4)9-13;1-10(2,3)5-6-12-8-7-11(4)9-12;;/h7-8H,5-6,9H2,1-4H3;7-8H,5-6,9H2,1-4H3;;. The minimum absolute atomic E-state index is 0. The van der Waals surface area contributed by atoms with Crippen LogP contribution in [-0.2, 0) is 70.2 Å². The fourth-order valence-electron chi connectivity index (χ4n) is 2.53. The average Bonchev–Trinajstić information content (AvgIpc) is 3.10. The van der Waals surface area contributed by atoms with Crippen molar-refractivity contribution in [2.75, 3.05) is 34.0 Å². The van der Waals surface area contributed by atoms with E-state index in [4.69, 9.17) is 0 Å². The summed E-state index contributed by atoms with van der Waals surface area (Å²) >= 11 is 0. The Morgan fingerprint density at radius 2 is 1.29 bits per heavy atom. The van der Waals surface area contributed by atoms with Crippen LogP contribution in [0.25, 0.3) is 0 Å². The molecule has 0 saturated heterocycles. The van der Waals surface area contributed by atoms with Gasteiger partial charge in [0.05, 0.1) is 13.3 Å². The predicted molar refractivity (Wildman–Crippen MR) is 110 cm³/mol. The van der Waals surface area contributed by atoms with Gasteiger partial charge >= 0.3 is 0 Å². The first-order chi connectivity index (χ1) is 11.9. The first kappa shape index (κ1) is 30.7. The first-order valence-corrected chi connectivity index (χ1v) is 9.66. The largest absolute Gasteiger partial charge is 0.362 e. The van der Waals surface area contributed by atoms with E-state index in [0.717, 1.165) is 13.1 Å². The summed E-state index contributed by atoms with van der Waals surface area (Å²) in [6, 6.07) is 0. The average molecular weight is 542 g/mol. The summed E-state index contributed by atoms with van der Waals surface area (Å²) in [6.07, 6.45) is 10.9. The van der Waals surface area contributed by atoms with E-state index >= 15 is 0 Å². The molecule has 0 spiro atoms. The van der Waals surface area contributed by atoms with Crippen molar-refractivity contribution in [1.82, 2.24) is 19.6 Å². The second-order valence-corrected chi connectivity index (χ2v) is 9.94. The van der Waals surface area contributed by atoms with E-state index in [-0.39, 0.29) is 76.7 Å². The van der Waals surface area contributed by atoms with E-state index in [0.29, 0.717) is 18.5 Å². The fraction of sp³-hybridized carbons (Fsp3) is 0.762. The molecule has 1 amide bonds. The van der Waals surface area contributed by atoms with Gasteiger partial charge in [0.2, 0.25) is 5.91 Å². The second-order valence-electron chi connectivity index (χ2n) is 9.94. The van der Waals surface area contributed by atoms with E-state index in [1.165, 1.54) is 13.0 Å². The first-order valence-electron chi connectivity index (χ1n) is 9.66. The van der Waals surface area contributed by atoms with E-state index in [2.05, 4.69) is 70.8 Å². The molecule has 0 fully saturated rings. The number of amides is 1. The predicted octanol–water partition coefficient (Wildman–Crippen LogP) is 4.11. The number of carbonyl (C=O) groups excluding carboxylic acids is 1. The molecule has 0 saturated carbocycles. The fourth-order valence-corrected chi connectivity index (χ4v) is 2.53. The van der Waals surface area contributed by atoms with Crippen molar-refractivity contribution in [3.8, 4) is 0 Å². The van der Waals surface area contributed by atoms with Crippen LogP contribution in [0.15, 0.2) is 24.8 Å². The maximum atomic E-state index is 11.7. The molecule has 0 unspecified atom stereocenters. The van der Waals surface area contributed by atoms with Crippen molar-refractivity contribution in [2.45, 2.75) is 60.8 Å². The van der Waals surface area contributed by atoms with E-state index in [9.17, 15) is 4.79 Å². The van der Waals surface area contributed by atoms with Gasteiger partial charge in [-0.15, -0.1) is 0 Å². The summed E-state index contributed by atoms with van der Waals surface area (Å²) in [5.74, 6) is 0.223.